The monoisotopic (exact) mass is 313 g/mol. The Kier molecular flexibility index (Phi) is 5.03. The van der Waals surface area contributed by atoms with Gasteiger partial charge in [0.15, 0.2) is 0 Å². The third-order valence-corrected chi connectivity index (χ3v) is 4.02. The molecule has 3 nitrogen and oxygen atoms in total. The molecule has 0 heterocycles. The Morgan fingerprint density at radius 1 is 1.33 bits per heavy atom. The molecule has 1 aliphatic carbocycles. The lowest BCUT2D eigenvalue weighted by Gasteiger charge is -2.28. The third-order valence-electron chi connectivity index (χ3n) is 3.53. The molecular formula is C14H20BrNO2. The van der Waals surface area contributed by atoms with Crippen molar-refractivity contribution >= 4 is 15.9 Å². The van der Waals surface area contributed by atoms with E-state index in [2.05, 4.69) is 21.2 Å². The zero-order chi connectivity index (χ0) is 12.8. The fraction of sp³-hybridized carbons (Fsp3) is 0.571. The van der Waals surface area contributed by atoms with Crippen molar-refractivity contribution in [3.63, 3.8) is 0 Å². The Hall–Kier alpha value is -0.580. The molecule has 0 amide bonds. The highest BCUT2D eigenvalue weighted by Gasteiger charge is 2.32. The van der Waals surface area contributed by atoms with Crippen molar-refractivity contribution in [1.29, 1.82) is 0 Å². The maximum Gasteiger partial charge on any atom is 0.120 e. The van der Waals surface area contributed by atoms with Gasteiger partial charge in [-0.2, -0.15) is 0 Å². The van der Waals surface area contributed by atoms with Gasteiger partial charge in [0.1, 0.15) is 12.4 Å². The number of ether oxygens (including phenoxy) is 1. The molecule has 1 saturated carbocycles. The van der Waals surface area contributed by atoms with Crippen LogP contribution in [0, 0.1) is 0 Å². The highest BCUT2D eigenvalue weighted by molar-refractivity contribution is 9.10. The second-order valence-corrected chi connectivity index (χ2v) is 5.79. The molecule has 0 bridgehead atoms. The van der Waals surface area contributed by atoms with Crippen LogP contribution in [0.25, 0.3) is 0 Å². The maximum absolute atomic E-state index is 9.46. The van der Waals surface area contributed by atoms with Crippen LogP contribution in [0.3, 0.4) is 0 Å². The van der Waals surface area contributed by atoms with E-state index in [-0.39, 0.29) is 12.1 Å². The normalized spacial score (nSPS) is 17.9. The molecule has 0 saturated heterocycles. The van der Waals surface area contributed by atoms with Gasteiger partial charge in [-0.3, -0.25) is 0 Å². The summed E-state index contributed by atoms with van der Waals surface area (Å²) in [7, 11) is 0. The molecule has 0 aromatic heterocycles. The minimum Gasteiger partial charge on any atom is -0.492 e. The molecule has 18 heavy (non-hydrogen) atoms. The average Bonchev–Trinajstić information content (AvgIpc) is 2.84. The molecule has 100 valence electrons. The molecule has 0 atom stereocenters. The minimum absolute atomic E-state index is 0.0549. The molecule has 0 aliphatic heterocycles. The molecule has 2 N–H and O–H groups in total. The molecule has 0 radical (unpaired) electrons. The molecule has 0 spiro atoms. The second kappa shape index (κ2) is 6.55. The van der Waals surface area contributed by atoms with Crippen LogP contribution in [0.4, 0.5) is 0 Å². The highest BCUT2D eigenvalue weighted by atomic mass is 79.9. The number of aliphatic hydroxyl groups is 1. The van der Waals surface area contributed by atoms with E-state index in [1.54, 1.807) is 0 Å². The number of halogens is 1. The van der Waals surface area contributed by atoms with Crippen LogP contribution in [0.15, 0.2) is 28.7 Å². The van der Waals surface area contributed by atoms with Gasteiger partial charge in [-0.1, -0.05) is 34.8 Å². The summed E-state index contributed by atoms with van der Waals surface area (Å²) in [5.74, 6) is 0.871. The summed E-state index contributed by atoms with van der Waals surface area (Å²) >= 11 is 3.42. The molecule has 1 aliphatic rings. The van der Waals surface area contributed by atoms with Crippen LogP contribution < -0.4 is 10.1 Å². The van der Waals surface area contributed by atoms with Crippen molar-refractivity contribution < 1.29 is 9.84 Å². The Balaban J connectivity index is 1.72. The molecule has 4 heteroatoms. The van der Waals surface area contributed by atoms with Crippen molar-refractivity contribution in [2.24, 2.45) is 0 Å². The lowest BCUT2D eigenvalue weighted by atomic mass is 9.99. The summed E-state index contributed by atoms with van der Waals surface area (Å²) in [6.07, 6.45) is 4.56. The number of benzene rings is 1. The summed E-state index contributed by atoms with van der Waals surface area (Å²) in [5, 5.41) is 12.9. The summed E-state index contributed by atoms with van der Waals surface area (Å²) in [4.78, 5) is 0. The lowest BCUT2D eigenvalue weighted by molar-refractivity contribution is 0.157. The molecule has 1 aromatic carbocycles. The van der Waals surface area contributed by atoms with Crippen LogP contribution >= 0.6 is 15.9 Å². The van der Waals surface area contributed by atoms with Gasteiger partial charge >= 0.3 is 0 Å². The van der Waals surface area contributed by atoms with E-state index in [0.717, 1.165) is 29.6 Å². The smallest absolute Gasteiger partial charge is 0.120 e. The largest absolute Gasteiger partial charge is 0.492 e. The zero-order valence-corrected chi connectivity index (χ0v) is 12.1. The maximum atomic E-state index is 9.46. The van der Waals surface area contributed by atoms with Crippen LogP contribution in [0.1, 0.15) is 25.7 Å². The fourth-order valence-corrected chi connectivity index (χ4v) is 2.86. The van der Waals surface area contributed by atoms with E-state index in [9.17, 15) is 5.11 Å². The van der Waals surface area contributed by atoms with Crippen molar-refractivity contribution in [2.75, 3.05) is 19.8 Å². The first kappa shape index (κ1) is 13.8. The average molecular weight is 314 g/mol. The number of hydrogen-bond acceptors (Lipinski definition) is 3. The zero-order valence-electron chi connectivity index (χ0n) is 10.5. The molecule has 2 rings (SSSR count). The number of aliphatic hydroxyl groups excluding tert-OH is 1. The van der Waals surface area contributed by atoms with Gasteiger partial charge in [-0.15, -0.1) is 0 Å². The van der Waals surface area contributed by atoms with Gasteiger partial charge in [0.25, 0.3) is 0 Å². The van der Waals surface area contributed by atoms with Crippen molar-refractivity contribution in [3.05, 3.63) is 28.7 Å². The van der Waals surface area contributed by atoms with E-state index in [4.69, 9.17) is 4.74 Å². The molecule has 1 aromatic rings. The third kappa shape index (κ3) is 3.70. The Labute approximate surface area is 117 Å². The number of nitrogens with one attached hydrogen (secondary N) is 1. The van der Waals surface area contributed by atoms with Crippen molar-refractivity contribution in [3.8, 4) is 5.75 Å². The topological polar surface area (TPSA) is 41.5 Å². The van der Waals surface area contributed by atoms with Gasteiger partial charge in [0.2, 0.25) is 0 Å². The summed E-state index contributed by atoms with van der Waals surface area (Å²) in [5.41, 5.74) is -0.0549. The molecule has 0 unspecified atom stereocenters. The van der Waals surface area contributed by atoms with Crippen LogP contribution in [-0.2, 0) is 0 Å². The van der Waals surface area contributed by atoms with Crippen LogP contribution in [0.2, 0.25) is 0 Å². The second-order valence-electron chi connectivity index (χ2n) is 4.88. The van der Waals surface area contributed by atoms with E-state index in [1.807, 2.05) is 24.3 Å². The first-order chi connectivity index (χ1) is 8.74. The van der Waals surface area contributed by atoms with Gasteiger partial charge in [-0.25, -0.2) is 0 Å². The van der Waals surface area contributed by atoms with Gasteiger partial charge < -0.3 is 15.2 Å². The van der Waals surface area contributed by atoms with Crippen LogP contribution in [-0.4, -0.2) is 30.4 Å². The SMILES string of the molecule is OCC1(NCCOc2cccc(Br)c2)CCCC1. The van der Waals surface area contributed by atoms with Crippen LogP contribution in [0.5, 0.6) is 5.75 Å². The molecule has 1 fully saturated rings. The fourth-order valence-electron chi connectivity index (χ4n) is 2.48. The Bertz CT molecular complexity index is 378. The number of hydrogen-bond donors (Lipinski definition) is 2. The Morgan fingerprint density at radius 2 is 2.11 bits per heavy atom. The predicted molar refractivity (Wildman–Crippen MR) is 75.9 cm³/mol. The minimum atomic E-state index is -0.0549. The number of rotatable bonds is 6. The lowest BCUT2D eigenvalue weighted by Crippen LogP contribution is -2.47. The van der Waals surface area contributed by atoms with E-state index in [1.165, 1.54) is 12.8 Å². The standard InChI is InChI=1S/C14H20BrNO2/c15-12-4-3-5-13(10-12)18-9-8-16-14(11-17)6-1-2-7-14/h3-5,10,16-17H,1-2,6-9,11H2. The Morgan fingerprint density at radius 3 is 2.78 bits per heavy atom. The van der Waals surface area contributed by atoms with E-state index >= 15 is 0 Å². The quantitative estimate of drug-likeness (QED) is 0.793. The van der Waals surface area contributed by atoms with Gasteiger partial charge in [0, 0.05) is 16.6 Å². The summed E-state index contributed by atoms with van der Waals surface area (Å²) in [6.45, 7) is 1.62. The van der Waals surface area contributed by atoms with Crippen molar-refractivity contribution in [1.82, 2.24) is 5.32 Å². The highest BCUT2D eigenvalue weighted by Crippen LogP contribution is 2.28. The van der Waals surface area contributed by atoms with E-state index < -0.39 is 0 Å². The summed E-state index contributed by atoms with van der Waals surface area (Å²) < 4.78 is 6.69. The first-order valence-electron chi connectivity index (χ1n) is 6.48. The summed E-state index contributed by atoms with van der Waals surface area (Å²) in [6, 6.07) is 7.84. The first-order valence-corrected chi connectivity index (χ1v) is 7.28. The predicted octanol–water partition coefficient (Wildman–Crippen LogP) is 2.72. The van der Waals surface area contributed by atoms with E-state index in [0.29, 0.717) is 6.61 Å². The van der Waals surface area contributed by atoms with Gasteiger partial charge in [-0.05, 0) is 31.0 Å². The van der Waals surface area contributed by atoms with Gasteiger partial charge in [0.05, 0.1) is 6.61 Å². The molecular weight excluding hydrogens is 294 g/mol. The van der Waals surface area contributed by atoms with Crippen molar-refractivity contribution in [2.45, 2.75) is 31.2 Å².